The van der Waals surface area contributed by atoms with Crippen LogP contribution in [0.2, 0.25) is 0 Å². The van der Waals surface area contributed by atoms with E-state index in [9.17, 15) is 8.42 Å². The first kappa shape index (κ1) is 17.4. The molecule has 0 fully saturated rings. The predicted octanol–water partition coefficient (Wildman–Crippen LogP) is 3.31. The highest BCUT2D eigenvalue weighted by Gasteiger charge is 2.20. The topological polar surface area (TPSA) is 74.1 Å². The quantitative estimate of drug-likeness (QED) is 0.654. The van der Waals surface area contributed by atoms with Gasteiger partial charge in [-0.3, -0.25) is 4.68 Å². The Hall–Kier alpha value is -2.41. The number of benzene rings is 1. The molecule has 0 amide bonds. The summed E-state index contributed by atoms with van der Waals surface area (Å²) < 4.78 is 32.0. The summed E-state index contributed by atoms with van der Waals surface area (Å²) in [6, 6.07) is 8.24. The van der Waals surface area contributed by atoms with E-state index in [-0.39, 0.29) is 10.8 Å². The Morgan fingerprint density at radius 2 is 1.84 bits per heavy atom. The van der Waals surface area contributed by atoms with Crippen LogP contribution in [-0.2, 0) is 23.6 Å². The normalized spacial score (nSPS) is 11.8. The summed E-state index contributed by atoms with van der Waals surface area (Å²) in [5.74, 6) is 0.0690. The van der Waals surface area contributed by atoms with Crippen LogP contribution in [0.5, 0.6) is 5.88 Å². The molecule has 2 heterocycles. The van der Waals surface area contributed by atoms with Crippen LogP contribution in [0.25, 0.3) is 11.0 Å². The summed E-state index contributed by atoms with van der Waals surface area (Å²) in [6.07, 6.45) is 1.73. The van der Waals surface area contributed by atoms with E-state index in [1.54, 1.807) is 29.9 Å². The maximum absolute atomic E-state index is 12.5. The summed E-state index contributed by atoms with van der Waals surface area (Å²) in [5.41, 5.74) is 3.47. The molecule has 3 rings (SSSR count). The number of fused-ring (bicyclic) bond motifs is 1. The summed E-state index contributed by atoms with van der Waals surface area (Å²) in [6.45, 7) is 5.89. The monoisotopic (exact) mass is 359 g/mol. The molecule has 0 unspecified atom stereocenters. The molecule has 0 atom stereocenters. The summed E-state index contributed by atoms with van der Waals surface area (Å²) in [4.78, 5) is 4.48. The van der Waals surface area contributed by atoms with Gasteiger partial charge < -0.3 is 4.18 Å². The fourth-order valence-corrected chi connectivity index (χ4v) is 3.76. The third kappa shape index (κ3) is 3.37. The third-order valence-corrected chi connectivity index (χ3v) is 5.29. The molecule has 3 aromatic rings. The summed E-state index contributed by atoms with van der Waals surface area (Å²) in [5, 5.41) is 5.35. The Morgan fingerprint density at radius 1 is 1.16 bits per heavy atom. The number of hydrogen-bond acceptors (Lipinski definition) is 5. The predicted molar refractivity (Wildman–Crippen MR) is 96.2 cm³/mol. The number of aromatic nitrogens is 3. The van der Waals surface area contributed by atoms with Crippen LogP contribution in [0.3, 0.4) is 0 Å². The average molecular weight is 359 g/mol. The Morgan fingerprint density at radius 3 is 2.48 bits per heavy atom. The summed E-state index contributed by atoms with van der Waals surface area (Å²) >= 11 is 0. The van der Waals surface area contributed by atoms with Crippen LogP contribution in [0.4, 0.5) is 0 Å². The number of aryl methyl sites for hydroxylation is 4. The third-order valence-electron chi connectivity index (χ3n) is 4.05. The number of hydrogen-bond donors (Lipinski definition) is 0. The molecule has 0 saturated heterocycles. The average Bonchev–Trinajstić information content (AvgIpc) is 2.82. The second-order valence-corrected chi connectivity index (χ2v) is 7.67. The van der Waals surface area contributed by atoms with Gasteiger partial charge in [-0.2, -0.15) is 18.5 Å². The molecule has 1 aromatic carbocycles. The van der Waals surface area contributed by atoms with Crippen molar-refractivity contribution >= 4 is 21.2 Å². The van der Waals surface area contributed by atoms with Crippen molar-refractivity contribution < 1.29 is 12.6 Å². The first-order valence-corrected chi connectivity index (χ1v) is 9.57. The van der Waals surface area contributed by atoms with Gasteiger partial charge in [-0.25, -0.2) is 0 Å². The molecule has 0 aliphatic rings. The van der Waals surface area contributed by atoms with Gasteiger partial charge in [0.2, 0.25) is 5.88 Å². The first-order valence-electron chi connectivity index (χ1n) is 8.16. The van der Waals surface area contributed by atoms with Gasteiger partial charge in [0.25, 0.3) is 0 Å². The van der Waals surface area contributed by atoms with Gasteiger partial charge in [-0.1, -0.05) is 31.0 Å². The minimum absolute atomic E-state index is 0.0690. The molecular formula is C18H21N3O3S. The van der Waals surface area contributed by atoms with Gasteiger partial charge >= 0.3 is 10.1 Å². The van der Waals surface area contributed by atoms with E-state index < -0.39 is 10.1 Å². The van der Waals surface area contributed by atoms with E-state index in [1.807, 2.05) is 13.8 Å². The van der Waals surface area contributed by atoms with E-state index in [2.05, 4.69) is 17.0 Å². The van der Waals surface area contributed by atoms with E-state index in [4.69, 9.17) is 4.18 Å². The second kappa shape index (κ2) is 6.48. The lowest BCUT2D eigenvalue weighted by Gasteiger charge is -2.09. The Bertz CT molecular complexity index is 1020. The van der Waals surface area contributed by atoms with Crippen molar-refractivity contribution in [1.29, 1.82) is 0 Å². The van der Waals surface area contributed by atoms with Crippen LogP contribution in [0, 0.1) is 13.8 Å². The van der Waals surface area contributed by atoms with Crippen LogP contribution >= 0.6 is 0 Å². The molecule has 0 spiro atoms. The van der Waals surface area contributed by atoms with Gasteiger partial charge in [-0.15, -0.1) is 0 Å². The van der Waals surface area contributed by atoms with Crippen LogP contribution < -0.4 is 4.18 Å². The molecule has 0 N–H and O–H groups in total. The van der Waals surface area contributed by atoms with Gasteiger partial charge in [0, 0.05) is 18.5 Å². The number of nitrogens with zero attached hydrogens (tertiary/aromatic N) is 3. The standard InChI is InChI=1S/C18H21N3O3S/c1-5-6-14-11-16(19-18-17(14)13(3)20-21(18)4)24-25(22,23)15-9-7-12(2)8-10-15/h7-11H,5-6H2,1-4H3. The molecule has 6 nitrogen and oxygen atoms in total. The van der Waals surface area contributed by atoms with Crippen molar-refractivity contribution in [3.8, 4) is 5.88 Å². The zero-order valence-corrected chi connectivity index (χ0v) is 15.6. The lowest BCUT2D eigenvalue weighted by Crippen LogP contribution is -2.11. The molecule has 0 bridgehead atoms. The van der Waals surface area contributed by atoms with Crippen molar-refractivity contribution in [2.75, 3.05) is 0 Å². The van der Waals surface area contributed by atoms with Crippen LogP contribution in [-0.4, -0.2) is 23.2 Å². The second-order valence-electron chi connectivity index (χ2n) is 6.13. The zero-order valence-electron chi connectivity index (χ0n) is 14.8. The zero-order chi connectivity index (χ0) is 18.2. The van der Waals surface area contributed by atoms with Crippen molar-refractivity contribution in [2.24, 2.45) is 7.05 Å². The Balaban J connectivity index is 2.06. The van der Waals surface area contributed by atoms with E-state index in [0.29, 0.717) is 5.65 Å². The van der Waals surface area contributed by atoms with E-state index in [1.165, 1.54) is 12.1 Å². The molecule has 132 valence electrons. The van der Waals surface area contributed by atoms with E-state index in [0.717, 1.165) is 35.0 Å². The van der Waals surface area contributed by atoms with Crippen molar-refractivity contribution in [1.82, 2.24) is 14.8 Å². The largest absolute Gasteiger partial charge is 0.358 e. The molecule has 2 aromatic heterocycles. The Labute approximate surface area is 147 Å². The van der Waals surface area contributed by atoms with Gasteiger partial charge in [0.1, 0.15) is 4.90 Å². The maximum atomic E-state index is 12.5. The minimum atomic E-state index is -3.93. The lowest BCUT2D eigenvalue weighted by atomic mass is 10.1. The molecule has 7 heteroatoms. The maximum Gasteiger partial charge on any atom is 0.340 e. The number of rotatable bonds is 5. The number of pyridine rings is 1. The van der Waals surface area contributed by atoms with Crippen molar-refractivity contribution in [3.63, 3.8) is 0 Å². The molecule has 0 radical (unpaired) electrons. The van der Waals surface area contributed by atoms with Crippen molar-refractivity contribution in [3.05, 3.63) is 47.2 Å². The first-order chi connectivity index (χ1) is 11.8. The van der Waals surface area contributed by atoms with Crippen molar-refractivity contribution in [2.45, 2.75) is 38.5 Å². The fraction of sp³-hybridized carbons (Fsp3) is 0.333. The summed E-state index contributed by atoms with van der Waals surface area (Å²) in [7, 11) is -2.14. The van der Waals surface area contributed by atoms with Gasteiger partial charge in [-0.05, 0) is 38.0 Å². The van der Waals surface area contributed by atoms with E-state index >= 15 is 0 Å². The lowest BCUT2D eigenvalue weighted by molar-refractivity contribution is 0.476. The SMILES string of the molecule is CCCc1cc(OS(=O)(=O)c2ccc(C)cc2)nc2c1c(C)nn2C. The van der Waals surface area contributed by atoms with Crippen LogP contribution in [0.15, 0.2) is 35.2 Å². The highest BCUT2D eigenvalue weighted by atomic mass is 32.2. The molecule has 0 aliphatic carbocycles. The Kier molecular flexibility index (Phi) is 4.51. The fourth-order valence-electron chi connectivity index (χ4n) is 2.88. The van der Waals surface area contributed by atoms with Crippen LogP contribution in [0.1, 0.15) is 30.2 Å². The van der Waals surface area contributed by atoms with Gasteiger partial charge in [0.15, 0.2) is 5.65 Å². The highest BCUT2D eigenvalue weighted by Crippen LogP contribution is 2.27. The van der Waals surface area contributed by atoms with Gasteiger partial charge in [0.05, 0.1) is 5.69 Å². The molecule has 0 saturated carbocycles. The minimum Gasteiger partial charge on any atom is -0.358 e. The highest BCUT2D eigenvalue weighted by molar-refractivity contribution is 7.87. The molecule has 0 aliphatic heterocycles. The molecular weight excluding hydrogens is 338 g/mol. The smallest absolute Gasteiger partial charge is 0.340 e. The molecule has 25 heavy (non-hydrogen) atoms.